The van der Waals surface area contributed by atoms with Crippen LogP contribution in [0.2, 0.25) is 0 Å². The Hall–Kier alpha value is -3.61. The molecule has 3 amide bonds. The molecule has 182 valence electrons. The van der Waals surface area contributed by atoms with Gasteiger partial charge in [-0.3, -0.25) is 19.4 Å². The van der Waals surface area contributed by atoms with Crippen LogP contribution in [0.4, 0.5) is 20.6 Å². The van der Waals surface area contributed by atoms with Crippen LogP contribution < -0.4 is 20.4 Å². The molecule has 0 bridgehead atoms. The summed E-state index contributed by atoms with van der Waals surface area (Å²) in [5, 5.41) is 16.5. The van der Waals surface area contributed by atoms with Gasteiger partial charge >= 0.3 is 6.09 Å². The fourth-order valence-electron chi connectivity index (χ4n) is 3.95. The molecule has 0 spiro atoms. The summed E-state index contributed by atoms with van der Waals surface area (Å²) in [5.74, 6) is -0.750. The number of anilines is 2. The lowest BCUT2D eigenvalue weighted by Crippen LogP contribution is -2.50. The third-order valence-corrected chi connectivity index (χ3v) is 5.77. The van der Waals surface area contributed by atoms with Crippen molar-refractivity contribution >= 4 is 35.0 Å². The van der Waals surface area contributed by atoms with E-state index in [-0.39, 0.29) is 31.4 Å². The van der Waals surface area contributed by atoms with Crippen LogP contribution >= 0.6 is 0 Å². The van der Waals surface area contributed by atoms with Crippen LogP contribution in [-0.4, -0.2) is 93.5 Å². The summed E-state index contributed by atoms with van der Waals surface area (Å²) in [4.78, 5) is 40.7. The van der Waals surface area contributed by atoms with Crippen molar-refractivity contribution in [1.82, 2.24) is 15.5 Å². The third-order valence-electron chi connectivity index (χ3n) is 5.77. The van der Waals surface area contributed by atoms with E-state index in [1.54, 1.807) is 12.1 Å². The van der Waals surface area contributed by atoms with Crippen LogP contribution in [0.3, 0.4) is 0 Å². The topological polar surface area (TPSA) is 131 Å². The molecule has 2 fully saturated rings. The molecule has 4 rings (SSSR count). The average molecular weight is 474 g/mol. The second kappa shape index (κ2) is 10.5. The molecule has 34 heavy (non-hydrogen) atoms. The van der Waals surface area contributed by atoms with Gasteiger partial charge in [0.25, 0.3) is 0 Å². The quantitative estimate of drug-likeness (QED) is 0.559. The normalized spacial score (nSPS) is 20.4. The van der Waals surface area contributed by atoms with E-state index in [0.717, 1.165) is 5.71 Å². The third kappa shape index (κ3) is 5.84. The molecule has 0 aromatic heterocycles. The number of piperazine rings is 1. The predicted molar refractivity (Wildman–Crippen MR) is 122 cm³/mol. The number of nitrogens with one attached hydrogen (secondary N) is 2. The molecule has 2 N–H and O–H groups in total. The number of hydrogen-bond acceptors (Lipinski definition) is 9. The maximum absolute atomic E-state index is 14.9. The summed E-state index contributed by atoms with van der Waals surface area (Å²) in [5.41, 5.74) is 1.57. The van der Waals surface area contributed by atoms with Crippen molar-refractivity contribution in [2.24, 2.45) is 15.4 Å². The summed E-state index contributed by atoms with van der Waals surface area (Å²) < 4.78 is 20.2. The summed E-state index contributed by atoms with van der Waals surface area (Å²) >= 11 is 0. The van der Waals surface area contributed by atoms with Crippen LogP contribution in [0.25, 0.3) is 0 Å². The summed E-state index contributed by atoms with van der Waals surface area (Å²) in [6.07, 6.45) is -1.06. The Morgan fingerprint density at radius 2 is 2.00 bits per heavy atom. The van der Waals surface area contributed by atoms with Crippen molar-refractivity contribution in [3.05, 3.63) is 24.0 Å². The van der Waals surface area contributed by atoms with Crippen LogP contribution in [0.15, 0.2) is 33.6 Å². The first-order chi connectivity index (χ1) is 16.4. The Kier molecular flexibility index (Phi) is 7.30. The number of benzene rings is 1. The van der Waals surface area contributed by atoms with Gasteiger partial charge in [0.1, 0.15) is 18.5 Å². The molecule has 0 radical (unpaired) electrons. The van der Waals surface area contributed by atoms with Crippen LogP contribution in [0.1, 0.15) is 6.92 Å². The number of carbonyl (C=O) groups is 3. The Labute approximate surface area is 195 Å². The molecule has 3 heterocycles. The van der Waals surface area contributed by atoms with Gasteiger partial charge in [0.05, 0.1) is 43.3 Å². The maximum atomic E-state index is 14.9. The predicted octanol–water partition coefficient (Wildman–Crippen LogP) is 0.347. The molecule has 3 aliphatic heterocycles. The average Bonchev–Trinajstić information content (AvgIpc) is 3.46. The van der Waals surface area contributed by atoms with E-state index < -0.39 is 18.0 Å². The van der Waals surface area contributed by atoms with E-state index in [2.05, 4.69) is 26.1 Å². The Morgan fingerprint density at radius 3 is 2.68 bits per heavy atom. The highest BCUT2D eigenvalue weighted by Gasteiger charge is 2.33. The van der Waals surface area contributed by atoms with Crippen molar-refractivity contribution in [2.75, 3.05) is 68.7 Å². The largest absolute Gasteiger partial charge is 0.442 e. The smallest absolute Gasteiger partial charge is 0.414 e. The van der Waals surface area contributed by atoms with Gasteiger partial charge in [-0.1, -0.05) is 0 Å². The van der Waals surface area contributed by atoms with E-state index in [1.807, 2.05) is 9.80 Å². The van der Waals surface area contributed by atoms with Gasteiger partial charge in [-0.2, -0.15) is 5.11 Å². The lowest BCUT2D eigenvalue weighted by Gasteiger charge is -2.36. The Morgan fingerprint density at radius 1 is 1.21 bits per heavy atom. The first-order valence-corrected chi connectivity index (χ1v) is 11.1. The summed E-state index contributed by atoms with van der Waals surface area (Å²) in [6, 6.07) is 4.66. The van der Waals surface area contributed by atoms with E-state index in [9.17, 15) is 18.8 Å². The van der Waals surface area contributed by atoms with Gasteiger partial charge in [-0.25, -0.2) is 9.18 Å². The molecule has 1 atom stereocenters. The van der Waals surface area contributed by atoms with Gasteiger partial charge in [0.15, 0.2) is 0 Å². The molecule has 1 aromatic rings. The van der Waals surface area contributed by atoms with Crippen molar-refractivity contribution < 1.29 is 23.5 Å². The maximum Gasteiger partial charge on any atom is 0.414 e. The van der Waals surface area contributed by atoms with Gasteiger partial charge in [-0.05, 0) is 23.4 Å². The summed E-state index contributed by atoms with van der Waals surface area (Å²) in [6.45, 7) is 5.20. The highest BCUT2D eigenvalue weighted by atomic mass is 19.1. The van der Waals surface area contributed by atoms with Crippen molar-refractivity contribution in [2.45, 2.75) is 13.0 Å². The fourth-order valence-corrected chi connectivity index (χ4v) is 3.95. The van der Waals surface area contributed by atoms with Crippen molar-refractivity contribution in [3.63, 3.8) is 0 Å². The number of ether oxygens (including phenoxy) is 1. The van der Waals surface area contributed by atoms with Crippen LogP contribution in [0.5, 0.6) is 0 Å². The molecular formula is C21H27FN8O4. The monoisotopic (exact) mass is 474 g/mol. The zero-order valence-corrected chi connectivity index (χ0v) is 18.9. The molecule has 0 aliphatic carbocycles. The van der Waals surface area contributed by atoms with E-state index in [4.69, 9.17) is 4.74 Å². The molecule has 12 nitrogen and oxygen atoms in total. The first kappa shape index (κ1) is 23.5. The van der Waals surface area contributed by atoms with Gasteiger partial charge < -0.3 is 20.3 Å². The standard InChI is InChI=1S/C21H27FN8O4/c1-14(31)23-11-17-12-30(21(33)34-17)16-2-3-19(18(22)8-16)29-6-4-28(5-7-29)13-20(32)24-9-15-10-25-27-26-15/h2-3,8,17H,4-7,9-13H2,1H3,(H,23,31)(H,24,32)/t17-/m0/s1. The number of hydrogen-bond donors (Lipinski definition) is 2. The molecule has 0 saturated carbocycles. The minimum Gasteiger partial charge on any atom is -0.442 e. The zero-order valence-electron chi connectivity index (χ0n) is 18.9. The number of rotatable bonds is 8. The minimum absolute atomic E-state index is 0.104. The number of amides is 3. The van der Waals surface area contributed by atoms with Crippen molar-refractivity contribution in [1.29, 1.82) is 0 Å². The fraction of sp³-hybridized carbons (Fsp3) is 0.524. The number of cyclic esters (lactones) is 1. The number of carbonyl (C=O) groups excluding carboxylic acids is 3. The lowest BCUT2D eigenvalue weighted by molar-refractivity contribution is -0.122. The summed E-state index contributed by atoms with van der Waals surface area (Å²) in [7, 11) is 0. The number of nitrogens with zero attached hydrogens (tertiary/aromatic N) is 6. The molecule has 3 aliphatic rings. The Balaban J connectivity index is 1.26. The Bertz CT molecular complexity index is 1010. The van der Waals surface area contributed by atoms with E-state index in [0.29, 0.717) is 50.6 Å². The number of halogens is 1. The molecule has 0 unspecified atom stereocenters. The second-order valence-electron chi connectivity index (χ2n) is 8.28. The zero-order chi connectivity index (χ0) is 24.1. The highest BCUT2D eigenvalue weighted by Crippen LogP contribution is 2.28. The molecule has 1 aromatic carbocycles. The van der Waals surface area contributed by atoms with E-state index in [1.165, 1.54) is 17.9 Å². The van der Waals surface area contributed by atoms with Gasteiger partial charge in [0.2, 0.25) is 11.8 Å². The van der Waals surface area contributed by atoms with Crippen molar-refractivity contribution in [3.8, 4) is 0 Å². The SMILES string of the molecule is CC(=O)NC[C@H]1CN(c2ccc(N3CCN(CC(=O)NCC4=NN=NC4)CC3)c(F)c2)C(=O)O1. The van der Waals surface area contributed by atoms with Gasteiger partial charge in [0, 0.05) is 33.1 Å². The second-order valence-corrected chi connectivity index (χ2v) is 8.28. The minimum atomic E-state index is -0.571. The lowest BCUT2D eigenvalue weighted by atomic mass is 10.2. The van der Waals surface area contributed by atoms with Gasteiger partial charge in [-0.15, -0.1) is 5.10 Å². The van der Waals surface area contributed by atoms with Crippen LogP contribution in [-0.2, 0) is 14.3 Å². The first-order valence-electron chi connectivity index (χ1n) is 11.1. The molecular weight excluding hydrogens is 447 g/mol. The molecule has 2 saturated heterocycles. The molecule has 13 heteroatoms. The van der Waals surface area contributed by atoms with E-state index >= 15 is 0 Å². The van der Waals surface area contributed by atoms with Crippen LogP contribution in [0, 0.1) is 5.82 Å². The highest BCUT2D eigenvalue weighted by molar-refractivity contribution is 5.92.